The van der Waals surface area contributed by atoms with E-state index in [1.165, 1.54) is 11.3 Å². The highest BCUT2D eigenvalue weighted by atomic mass is 32.2. The maximum Gasteiger partial charge on any atom is 0.252 e. The summed E-state index contributed by atoms with van der Waals surface area (Å²) in [6, 6.07) is 12.9. The van der Waals surface area contributed by atoms with Crippen molar-refractivity contribution in [1.82, 2.24) is 14.5 Å². The van der Waals surface area contributed by atoms with E-state index >= 15 is 0 Å². The number of nitrogens with one attached hydrogen (secondary N) is 1. The van der Waals surface area contributed by atoms with Crippen LogP contribution >= 0.6 is 22.7 Å². The third-order valence-electron chi connectivity index (χ3n) is 4.57. The van der Waals surface area contributed by atoms with Crippen LogP contribution in [0, 0.1) is 0 Å². The van der Waals surface area contributed by atoms with Crippen LogP contribution in [-0.2, 0) is 21.2 Å². The summed E-state index contributed by atoms with van der Waals surface area (Å²) in [6.45, 7) is 1.13. The Kier molecular flexibility index (Phi) is 6.04. The van der Waals surface area contributed by atoms with Crippen LogP contribution in [0.1, 0.15) is 24.1 Å². The first-order chi connectivity index (χ1) is 14.0. The number of amides is 1. The summed E-state index contributed by atoms with van der Waals surface area (Å²) < 4.78 is 27.3. The number of hydrogen-bond acceptors (Lipinski definition) is 7. The van der Waals surface area contributed by atoms with Crippen molar-refractivity contribution < 1.29 is 13.2 Å². The highest BCUT2D eigenvalue weighted by Gasteiger charge is 2.27. The third kappa shape index (κ3) is 4.72. The van der Waals surface area contributed by atoms with Gasteiger partial charge in [0.1, 0.15) is 9.22 Å². The van der Waals surface area contributed by atoms with Crippen LogP contribution in [0.15, 0.2) is 46.7 Å². The highest BCUT2D eigenvalue weighted by Crippen LogP contribution is 2.28. The number of nitrogens with zero attached hydrogens (tertiary/aromatic N) is 3. The zero-order valence-electron chi connectivity index (χ0n) is 15.6. The van der Waals surface area contributed by atoms with Crippen LogP contribution < -0.4 is 5.32 Å². The Hall–Kier alpha value is -2.14. The fraction of sp³-hybridized carbons (Fsp3) is 0.316. The zero-order chi connectivity index (χ0) is 20.3. The first kappa shape index (κ1) is 20.1. The van der Waals surface area contributed by atoms with E-state index in [0.29, 0.717) is 27.3 Å². The minimum absolute atomic E-state index is 0.0977. The molecule has 10 heteroatoms. The van der Waals surface area contributed by atoms with Gasteiger partial charge in [-0.3, -0.25) is 4.79 Å². The second-order valence-electron chi connectivity index (χ2n) is 6.69. The Labute approximate surface area is 177 Å². The number of hydrogen-bond donors (Lipinski definition) is 1. The van der Waals surface area contributed by atoms with E-state index in [9.17, 15) is 13.2 Å². The summed E-state index contributed by atoms with van der Waals surface area (Å²) in [4.78, 5) is 13.1. The number of carbonyl (C=O) groups is 1. The fourth-order valence-electron chi connectivity index (χ4n) is 3.12. The third-order valence-corrected chi connectivity index (χ3v) is 8.91. The second-order valence-corrected chi connectivity index (χ2v) is 11.0. The number of carbonyl (C=O) groups excluding carboxylic acids is 1. The van der Waals surface area contributed by atoms with E-state index < -0.39 is 10.0 Å². The topological polar surface area (TPSA) is 92.3 Å². The van der Waals surface area contributed by atoms with Gasteiger partial charge in [0.25, 0.3) is 10.0 Å². The van der Waals surface area contributed by atoms with Gasteiger partial charge in [0, 0.05) is 23.5 Å². The molecule has 0 spiro atoms. The minimum atomic E-state index is -3.46. The van der Waals surface area contributed by atoms with Gasteiger partial charge in [-0.05, 0) is 25.0 Å². The summed E-state index contributed by atoms with van der Waals surface area (Å²) in [6.07, 6.45) is 2.96. The molecule has 1 amide bonds. The molecule has 2 aromatic heterocycles. The van der Waals surface area contributed by atoms with Gasteiger partial charge in [0.05, 0.1) is 6.42 Å². The monoisotopic (exact) mass is 448 g/mol. The van der Waals surface area contributed by atoms with Gasteiger partial charge in [0.15, 0.2) is 0 Å². The molecule has 1 aromatic carbocycles. The second kappa shape index (κ2) is 8.70. The van der Waals surface area contributed by atoms with Gasteiger partial charge in [-0.25, -0.2) is 8.42 Å². The lowest BCUT2D eigenvalue weighted by molar-refractivity contribution is -0.115. The predicted molar refractivity (Wildman–Crippen MR) is 115 cm³/mol. The van der Waals surface area contributed by atoms with Gasteiger partial charge >= 0.3 is 0 Å². The minimum Gasteiger partial charge on any atom is -0.300 e. The average molecular weight is 449 g/mol. The van der Waals surface area contributed by atoms with Crippen molar-refractivity contribution in [2.45, 2.75) is 29.9 Å². The van der Waals surface area contributed by atoms with Crippen molar-refractivity contribution in [3.05, 3.63) is 47.3 Å². The van der Waals surface area contributed by atoms with E-state index in [4.69, 9.17) is 0 Å². The van der Waals surface area contributed by atoms with Crippen molar-refractivity contribution in [2.75, 3.05) is 18.4 Å². The molecule has 3 aromatic rings. The molecular formula is C19H20N4O3S3. The van der Waals surface area contributed by atoms with Crippen molar-refractivity contribution in [2.24, 2.45) is 0 Å². The molecule has 1 aliphatic heterocycles. The Morgan fingerprint density at radius 3 is 2.52 bits per heavy atom. The lowest BCUT2D eigenvalue weighted by Gasteiger charge is -2.25. The van der Waals surface area contributed by atoms with E-state index in [1.54, 1.807) is 16.4 Å². The van der Waals surface area contributed by atoms with E-state index in [0.717, 1.165) is 41.2 Å². The molecule has 1 fully saturated rings. The first-order valence-electron chi connectivity index (χ1n) is 9.30. The Balaban J connectivity index is 1.39. The number of thiophene rings is 1. The van der Waals surface area contributed by atoms with Gasteiger partial charge in [-0.2, -0.15) is 4.31 Å². The van der Waals surface area contributed by atoms with Gasteiger partial charge in [0.2, 0.25) is 11.0 Å². The van der Waals surface area contributed by atoms with Gasteiger partial charge in [-0.15, -0.1) is 21.5 Å². The fourth-order valence-corrected chi connectivity index (χ4v) is 6.91. The standard InChI is InChI=1S/C19H20N4O3S3/c24-16(20-19-22-21-18(28-19)14-7-3-1-4-8-14)13-15-9-10-17(27-15)29(25,26)23-11-5-2-6-12-23/h1,3-4,7-10H,2,5-6,11-13H2,(H,20,22,24). The number of anilines is 1. The predicted octanol–water partition coefficient (Wildman–Crippen LogP) is 3.62. The van der Waals surface area contributed by atoms with Crippen molar-refractivity contribution >= 4 is 43.7 Å². The van der Waals surface area contributed by atoms with Crippen LogP contribution in [0.4, 0.5) is 5.13 Å². The van der Waals surface area contributed by atoms with Gasteiger partial charge < -0.3 is 5.32 Å². The Morgan fingerprint density at radius 2 is 1.76 bits per heavy atom. The highest BCUT2D eigenvalue weighted by molar-refractivity contribution is 7.91. The van der Waals surface area contributed by atoms with Crippen LogP contribution in [0.3, 0.4) is 0 Å². The molecule has 29 heavy (non-hydrogen) atoms. The van der Waals surface area contributed by atoms with Crippen LogP contribution in [0.5, 0.6) is 0 Å². The Morgan fingerprint density at radius 1 is 1.00 bits per heavy atom. The maximum absolute atomic E-state index is 12.7. The maximum atomic E-state index is 12.7. The molecule has 152 valence electrons. The van der Waals surface area contributed by atoms with E-state index in [2.05, 4.69) is 15.5 Å². The quantitative estimate of drug-likeness (QED) is 0.622. The number of piperidine rings is 1. The lowest BCUT2D eigenvalue weighted by Crippen LogP contribution is -2.35. The summed E-state index contributed by atoms with van der Waals surface area (Å²) in [7, 11) is -3.46. The van der Waals surface area contributed by atoms with Crippen molar-refractivity contribution in [3.8, 4) is 10.6 Å². The van der Waals surface area contributed by atoms with Crippen LogP contribution in [0.25, 0.3) is 10.6 Å². The van der Waals surface area contributed by atoms with Crippen LogP contribution in [0.2, 0.25) is 0 Å². The lowest BCUT2D eigenvalue weighted by atomic mass is 10.2. The molecule has 0 radical (unpaired) electrons. The summed E-state index contributed by atoms with van der Waals surface area (Å²) in [5.41, 5.74) is 0.941. The molecule has 0 atom stereocenters. The van der Waals surface area contributed by atoms with Crippen molar-refractivity contribution in [1.29, 1.82) is 0 Å². The molecule has 1 aliphatic rings. The number of rotatable bonds is 6. The summed E-state index contributed by atoms with van der Waals surface area (Å²) in [5, 5.41) is 12.0. The van der Waals surface area contributed by atoms with Crippen molar-refractivity contribution in [3.63, 3.8) is 0 Å². The Bertz CT molecular complexity index is 1090. The normalized spacial score (nSPS) is 15.3. The molecule has 3 heterocycles. The largest absolute Gasteiger partial charge is 0.300 e. The molecule has 0 bridgehead atoms. The average Bonchev–Trinajstić information content (AvgIpc) is 3.39. The number of aromatic nitrogens is 2. The smallest absolute Gasteiger partial charge is 0.252 e. The molecule has 1 saturated heterocycles. The molecule has 0 unspecified atom stereocenters. The van der Waals surface area contributed by atoms with E-state index in [-0.39, 0.29) is 12.3 Å². The van der Waals surface area contributed by atoms with Crippen LogP contribution in [-0.4, -0.2) is 41.9 Å². The zero-order valence-corrected chi connectivity index (χ0v) is 18.0. The molecule has 4 rings (SSSR count). The summed E-state index contributed by atoms with van der Waals surface area (Å²) in [5.74, 6) is -0.246. The molecule has 0 saturated carbocycles. The molecule has 7 nitrogen and oxygen atoms in total. The SMILES string of the molecule is O=C(Cc1ccc(S(=O)(=O)N2CCCCC2)s1)Nc1nnc(-c2ccccc2)s1. The number of sulfonamides is 1. The first-order valence-corrected chi connectivity index (χ1v) is 12.4. The van der Waals surface area contributed by atoms with E-state index in [1.807, 2.05) is 30.3 Å². The molecule has 1 N–H and O–H groups in total. The summed E-state index contributed by atoms with van der Waals surface area (Å²) >= 11 is 2.45. The van der Waals surface area contributed by atoms with Gasteiger partial charge in [-0.1, -0.05) is 48.1 Å². The molecular weight excluding hydrogens is 428 g/mol. The molecule has 0 aliphatic carbocycles. The number of benzene rings is 1.